The van der Waals surface area contributed by atoms with Crippen LogP contribution in [0.15, 0.2) is 0 Å². The van der Waals surface area contributed by atoms with Crippen LogP contribution >= 0.6 is 0 Å². The molecule has 0 rings (SSSR count). The molecule has 0 saturated heterocycles. The Morgan fingerprint density at radius 2 is 1.25 bits per heavy atom. The molecule has 0 aromatic heterocycles. The molecule has 10 heteroatoms. The Bertz CT molecular complexity index is 242. The summed E-state index contributed by atoms with van der Waals surface area (Å²) < 4.78 is 82.6. The fraction of sp³-hybridized carbons (Fsp3) is 1.00. The van der Waals surface area contributed by atoms with Crippen molar-refractivity contribution in [2.75, 3.05) is 0 Å². The molecule has 0 heterocycles. The van der Waals surface area contributed by atoms with Gasteiger partial charge in [-0.25, -0.2) is 0 Å². The third kappa shape index (κ3) is 2.75. The van der Waals surface area contributed by atoms with Crippen LogP contribution in [0.1, 0.15) is 0 Å². The zero-order valence-electron chi connectivity index (χ0n) is 4.86. The van der Waals surface area contributed by atoms with Crippen molar-refractivity contribution >= 4 is 13.0 Å². The van der Waals surface area contributed by atoms with E-state index in [1.54, 1.807) is 0 Å². The van der Waals surface area contributed by atoms with E-state index in [0.29, 0.717) is 0 Å². The number of hydrogen-bond donors (Lipinski definition) is 1. The first-order chi connectivity index (χ1) is 4.50. The van der Waals surface area contributed by atoms with Crippen LogP contribution in [0.5, 0.6) is 0 Å². The topological polar surface area (TPSA) is 54.4 Å². The van der Waals surface area contributed by atoms with E-state index in [0.717, 1.165) is 0 Å². The number of rotatable bonds is 1. The summed E-state index contributed by atoms with van der Waals surface area (Å²) >= 11 is -7.15. The van der Waals surface area contributed by atoms with Gasteiger partial charge in [0.15, 0.2) is 0 Å². The van der Waals surface area contributed by atoms with E-state index in [1.165, 1.54) is 0 Å². The average molecular weight is 355 g/mol. The molecule has 0 saturated carbocycles. The van der Waals surface area contributed by atoms with Crippen molar-refractivity contribution in [3.63, 3.8) is 0 Å². The normalized spacial score (nSPS) is 13.8. The molecule has 12 heavy (non-hydrogen) atoms. The second kappa shape index (κ2) is 3.69. The number of alkyl halides is 5. The Hall–Kier alpha value is 0.470. The Morgan fingerprint density at radius 1 is 1.00 bits per heavy atom. The molecule has 0 unspecified atom stereocenters. The first-order valence-electron chi connectivity index (χ1n) is 1.91. The second-order valence-corrected chi connectivity index (χ2v) is 4.56. The van der Waals surface area contributed by atoms with Gasteiger partial charge >= 0.3 is 57.8 Å². The fourth-order valence-corrected chi connectivity index (χ4v) is 0.760. The maximum Gasteiger partial charge on any atom is 0 e. The summed E-state index contributed by atoms with van der Waals surface area (Å²) in [5, 5.41) is 0. The molecule has 1 radical (unpaired) electrons. The molecule has 0 atom stereocenters. The van der Waals surface area contributed by atoms with Crippen LogP contribution in [0.2, 0.25) is 0 Å². The quantitative estimate of drug-likeness (QED) is 0.551. The number of hydrogen-bond acceptors (Lipinski definition) is 2. The summed E-state index contributed by atoms with van der Waals surface area (Å²) in [5.74, 6) is 0. The van der Waals surface area contributed by atoms with Crippen LogP contribution in [0.25, 0.3) is 0 Å². The van der Waals surface area contributed by atoms with E-state index in [-0.39, 0.29) is 22.4 Å². The Balaban J connectivity index is 0. The van der Waals surface area contributed by atoms with Gasteiger partial charge in [-0.15, -0.1) is 0 Å². The molecule has 0 aliphatic rings. The Morgan fingerprint density at radius 3 is 1.25 bits per heavy atom. The number of halogens is 5. The average Bonchev–Trinajstić information content (AvgIpc) is 1.58. The van der Waals surface area contributed by atoms with Gasteiger partial charge in [-0.05, 0) is 0 Å². The van der Waals surface area contributed by atoms with Gasteiger partial charge in [-0.1, -0.05) is 0 Å². The molecule has 0 spiro atoms. The molecule has 79 valence electrons. The molecule has 0 aliphatic heterocycles. The SMILES string of the molecule is O=[Se](=O)(O)C(F)(F)C(F)(F)F.[Ag]. The summed E-state index contributed by atoms with van der Waals surface area (Å²) in [6.07, 6.45) is -6.26. The maximum atomic E-state index is 11.5. The molecule has 0 aromatic rings. The van der Waals surface area contributed by atoms with Crippen molar-refractivity contribution in [2.24, 2.45) is 0 Å². The van der Waals surface area contributed by atoms with Gasteiger partial charge in [0.1, 0.15) is 0 Å². The van der Waals surface area contributed by atoms with Gasteiger partial charge in [0, 0.05) is 22.4 Å². The van der Waals surface area contributed by atoms with Crippen LogP contribution in [0, 0.1) is 0 Å². The van der Waals surface area contributed by atoms with Crippen molar-refractivity contribution in [1.82, 2.24) is 0 Å². The molecule has 0 fully saturated rings. The van der Waals surface area contributed by atoms with Crippen molar-refractivity contribution in [2.45, 2.75) is 11.0 Å². The molecule has 0 aliphatic carbocycles. The maximum absolute atomic E-state index is 11.5. The summed E-state index contributed by atoms with van der Waals surface area (Å²) in [5.41, 5.74) is 0. The van der Waals surface area contributed by atoms with Crippen LogP contribution in [0.3, 0.4) is 0 Å². The summed E-state index contributed by atoms with van der Waals surface area (Å²) in [6, 6.07) is 0. The van der Waals surface area contributed by atoms with Gasteiger partial charge in [-0.3, -0.25) is 0 Å². The predicted octanol–water partition coefficient (Wildman–Crippen LogP) is 0.513. The zero-order valence-corrected chi connectivity index (χ0v) is 8.06. The van der Waals surface area contributed by atoms with Crippen LogP contribution in [0.4, 0.5) is 22.0 Å². The predicted molar refractivity (Wildman–Crippen MR) is 20.3 cm³/mol. The van der Waals surface area contributed by atoms with Crippen LogP contribution < -0.4 is 0 Å². The largest absolute Gasteiger partial charge is 0 e. The van der Waals surface area contributed by atoms with E-state index in [2.05, 4.69) is 0 Å². The third-order valence-electron chi connectivity index (χ3n) is 0.654. The minimum Gasteiger partial charge on any atom is 0 e. The molecular formula is C2HAgF5O3Se. The third-order valence-corrected chi connectivity index (χ3v) is 2.50. The summed E-state index contributed by atoms with van der Waals surface area (Å²) in [4.78, 5) is -6.02. The van der Waals surface area contributed by atoms with E-state index in [4.69, 9.17) is 4.19 Å². The molecule has 0 aromatic carbocycles. The zero-order chi connectivity index (χ0) is 9.50. The first-order valence-corrected chi connectivity index (χ1v) is 4.94. The van der Waals surface area contributed by atoms with Gasteiger partial charge in [-0.2, -0.15) is 0 Å². The van der Waals surface area contributed by atoms with E-state index < -0.39 is 24.0 Å². The Labute approximate surface area is 80.4 Å². The second-order valence-electron chi connectivity index (χ2n) is 1.49. The van der Waals surface area contributed by atoms with Crippen molar-refractivity contribution in [1.29, 1.82) is 0 Å². The van der Waals surface area contributed by atoms with E-state index in [1.807, 2.05) is 0 Å². The molecule has 1 N–H and O–H groups in total. The minimum absolute atomic E-state index is 0. The first kappa shape index (κ1) is 15.0. The van der Waals surface area contributed by atoms with Gasteiger partial charge in [0.2, 0.25) is 0 Å². The van der Waals surface area contributed by atoms with Crippen molar-refractivity contribution in [3.8, 4) is 0 Å². The van der Waals surface area contributed by atoms with Crippen LogP contribution in [-0.4, -0.2) is 28.2 Å². The summed E-state index contributed by atoms with van der Waals surface area (Å²) in [6.45, 7) is 0. The molecule has 0 amide bonds. The monoisotopic (exact) mass is 355 g/mol. The smallest absolute Gasteiger partial charge is 0 e. The van der Waals surface area contributed by atoms with Crippen molar-refractivity contribution < 1.29 is 56.2 Å². The molecule has 3 nitrogen and oxygen atoms in total. The van der Waals surface area contributed by atoms with Crippen molar-refractivity contribution in [3.05, 3.63) is 0 Å². The van der Waals surface area contributed by atoms with Gasteiger partial charge < -0.3 is 0 Å². The van der Waals surface area contributed by atoms with E-state index >= 15 is 0 Å². The van der Waals surface area contributed by atoms with Gasteiger partial charge in [0.05, 0.1) is 0 Å². The van der Waals surface area contributed by atoms with Crippen LogP contribution in [-0.2, 0) is 30.0 Å². The standard InChI is InChI=1S/C2HF5O3Se.Ag/c3-1(4,5)2(6,7)11(8,9)10;/h(H,8,9,10);. The fourth-order valence-electron chi connectivity index (χ4n) is 0.146. The minimum atomic E-state index is -7.15. The molecular weight excluding hydrogens is 354 g/mol. The van der Waals surface area contributed by atoms with E-state index in [9.17, 15) is 29.6 Å². The molecule has 0 bridgehead atoms. The van der Waals surface area contributed by atoms with Gasteiger partial charge in [0.25, 0.3) is 0 Å². The summed E-state index contributed by atoms with van der Waals surface area (Å²) in [7, 11) is 0. The Kier molecular flexibility index (Phi) is 4.60.